The van der Waals surface area contributed by atoms with Crippen molar-refractivity contribution in [2.45, 2.75) is 19.9 Å². The number of nitrogens with zero attached hydrogens (tertiary/aromatic N) is 3. The Morgan fingerprint density at radius 1 is 1.47 bits per heavy atom. The summed E-state index contributed by atoms with van der Waals surface area (Å²) in [5.41, 5.74) is 9.00. The van der Waals surface area contributed by atoms with Crippen molar-refractivity contribution < 1.29 is 9.53 Å². The van der Waals surface area contributed by atoms with Crippen LogP contribution in [0.1, 0.15) is 18.9 Å². The van der Waals surface area contributed by atoms with Crippen LogP contribution < -0.4 is 4.74 Å². The molecule has 15 heavy (non-hydrogen) atoms. The molecular formula is C10H11N3O2. The Morgan fingerprint density at radius 2 is 2.13 bits per heavy atom. The third kappa shape index (κ3) is 3.70. The first-order chi connectivity index (χ1) is 7.26. The zero-order chi connectivity index (χ0) is 11.1. The summed E-state index contributed by atoms with van der Waals surface area (Å²) >= 11 is 0. The van der Waals surface area contributed by atoms with E-state index in [0.29, 0.717) is 18.7 Å². The molecular weight excluding hydrogens is 194 g/mol. The molecule has 0 fully saturated rings. The van der Waals surface area contributed by atoms with Crippen molar-refractivity contribution in [2.24, 2.45) is 5.11 Å². The lowest BCUT2D eigenvalue weighted by Crippen LogP contribution is -2.05. The second-order valence-electron chi connectivity index (χ2n) is 2.86. The van der Waals surface area contributed by atoms with E-state index < -0.39 is 0 Å². The summed E-state index contributed by atoms with van der Waals surface area (Å²) in [6.45, 7) is 2.04. The zero-order valence-corrected chi connectivity index (χ0v) is 8.38. The molecule has 0 aliphatic heterocycles. The molecule has 5 nitrogen and oxygen atoms in total. The summed E-state index contributed by atoms with van der Waals surface area (Å²) in [7, 11) is 0. The minimum absolute atomic E-state index is 0.266. The van der Waals surface area contributed by atoms with Gasteiger partial charge in [0.2, 0.25) is 0 Å². The fourth-order valence-electron chi connectivity index (χ4n) is 0.980. The average molecular weight is 205 g/mol. The highest BCUT2D eigenvalue weighted by Gasteiger charge is 2.00. The summed E-state index contributed by atoms with van der Waals surface area (Å²) in [5.74, 6) is 0.240. The normalized spacial score (nSPS) is 9.13. The fourth-order valence-corrected chi connectivity index (χ4v) is 0.980. The summed E-state index contributed by atoms with van der Waals surface area (Å²) in [5, 5.41) is 3.42. The number of carbonyl (C=O) groups is 1. The number of hydrogen-bond acceptors (Lipinski definition) is 3. The second kappa shape index (κ2) is 5.67. The lowest BCUT2D eigenvalue weighted by atomic mass is 10.2. The Bertz CT molecular complexity index is 380. The molecule has 0 aliphatic carbocycles. The van der Waals surface area contributed by atoms with Crippen molar-refractivity contribution in [3.05, 3.63) is 40.3 Å². The average Bonchev–Trinajstić information content (AvgIpc) is 2.28. The van der Waals surface area contributed by atoms with Crippen LogP contribution in [0.5, 0.6) is 5.75 Å². The van der Waals surface area contributed by atoms with Crippen LogP contribution in [-0.2, 0) is 11.3 Å². The molecule has 0 saturated heterocycles. The number of hydrogen-bond donors (Lipinski definition) is 0. The third-order valence-electron chi connectivity index (χ3n) is 1.76. The predicted octanol–water partition coefficient (Wildman–Crippen LogP) is 2.81. The highest BCUT2D eigenvalue weighted by molar-refractivity contribution is 5.71. The molecule has 0 radical (unpaired) electrons. The van der Waals surface area contributed by atoms with Gasteiger partial charge in [-0.05, 0) is 23.2 Å². The molecule has 0 bridgehead atoms. The van der Waals surface area contributed by atoms with E-state index >= 15 is 0 Å². The van der Waals surface area contributed by atoms with Crippen LogP contribution in [-0.4, -0.2) is 5.97 Å². The molecule has 78 valence electrons. The molecule has 0 unspecified atom stereocenters. The SMILES string of the molecule is CCC(=O)Oc1ccc(CN=[N+]=[N-])cc1. The van der Waals surface area contributed by atoms with E-state index in [1.165, 1.54) is 0 Å². The summed E-state index contributed by atoms with van der Waals surface area (Å²) in [6, 6.07) is 6.87. The first kappa shape index (κ1) is 11.1. The molecule has 0 aliphatic rings. The van der Waals surface area contributed by atoms with Gasteiger partial charge in [-0.1, -0.05) is 24.2 Å². The van der Waals surface area contributed by atoms with Gasteiger partial charge in [-0.25, -0.2) is 0 Å². The van der Waals surface area contributed by atoms with Gasteiger partial charge >= 0.3 is 5.97 Å². The van der Waals surface area contributed by atoms with Crippen LogP contribution in [0.4, 0.5) is 0 Å². The van der Waals surface area contributed by atoms with Gasteiger partial charge in [0.1, 0.15) is 5.75 Å². The van der Waals surface area contributed by atoms with E-state index in [1.807, 2.05) is 0 Å². The van der Waals surface area contributed by atoms with Crippen LogP contribution in [0.2, 0.25) is 0 Å². The van der Waals surface area contributed by atoms with E-state index in [2.05, 4.69) is 10.0 Å². The number of carbonyl (C=O) groups excluding carboxylic acids is 1. The zero-order valence-electron chi connectivity index (χ0n) is 8.38. The van der Waals surface area contributed by atoms with Crippen LogP contribution >= 0.6 is 0 Å². The highest BCUT2D eigenvalue weighted by atomic mass is 16.5. The molecule has 1 aromatic rings. The molecule has 0 N–H and O–H groups in total. The lowest BCUT2D eigenvalue weighted by molar-refractivity contribution is -0.134. The number of rotatable bonds is 4. The molecule has 0 spiro atoms. The monoisotopic (exact) mass is 205 g/mol. The van der Waals surface area contributed by atoms with Crippen molar-refractivity contribution in [3.63, 3.8) is 0 Å². The standard InChI is InChI=1S/C10H11N3O2/c1-2-10(14)15-9-5-3-8(4-6-9)7-12-13-11/h3-6H,2,7H2,1H3. The van der Waals surface area contributed by atoms with Crippen molar-refractivity contribution in [1.82, 2.24) is 0 Å². The van der Waals surface area contributed by atoms with Gasteiger partial charge in [0.15, 0.2) is 0 Å². The second-order valence-corrected chi connectivity index (χ2v) is 2.86. The number of ether oxygens (including phenoxy) is 1. The maximum atomic E-state index is 10.9. The molecule has 0 atom stereocenters. The summed E-state index contributed by atoms with van der Waals surface area (Å²) in [6.07, 6.45) is 0.348. The Kier molecular flexibility index (Phi) is 4.19. The summed E-state index contributed by atoms with van der Waals surface area (Å²) < 4.78 is 4.98. The number of azide groups is 1. The van der Waals surface area contributed by atoms with Crippen molar-refractivity contribution in [3.8, 4) is 5.75 Å². The van der Waals surface area contributed by atoms with Gasteiger partial charge in [-0.2, -0.15) is 0 Å². The maximum absolute atomic E-state index is 10.9. The highest BCUT2D eigenvalue weighted by Crippen LogP contribution is 2.13. The van der Waals surface area contributed by atoms with Crippen LogP contribution in [0.25, 0.3) is 10.4 Å². The fraction of sp³-hybridized carbons (Fsp3) is 0.300. The van der Waals surface area contributed by atoms with Crippen LogP contribution in [0, 0.1) is 0 Å². The number of esters is 1. The topological polar surface area (TPSA) is 75.1 Å². The predicted molar refractivity (Wildman–Crippen MR) is 55.2 cm³/mol. The smallest absolute Gasteiger partial charge is 0.310 e. The number of benzene rings is 1. The van der Waals surface area contributed by atoms with Gasteiger partial charge in [-0.15, -0.1) is 0 Å². The van der Waals surface area contributed by atoms with E-state index in [-0.39, 0.29) is 5.97 Å². The first-order valence-electron chi connectivity index (χ1n) is 4.56. The van der Waals surface area contributed by atoms with Crippen molar-refractivity contribution >= 4 is 5.97 Å². The summed E-state index contributed by atoms with van der Waals surface area (Å²) in [4.78, 5) is 13.6. The quantitative estimate of drug-likeness (QED) is 0.249. The Morgan fingerprint density at radius 3 is 2.67 bits per heavy atom. The molecule has 0 heterocycles. The lowest BCUT2D eigenvalue weighted by Gasteiger charge is -2.02. The largest absolute Gasteiger partial charge is 0.427 e. The van der Waals surface area contributed by atoms with E-state index in [1.54, 1.807) is 31.2 Å². The Labute approximate surface area is 87.3 Å². The van der Waals surface area contributed by atoms with E-state index in [9.17, 15) is 4.79 Å². The Balaban J connectivity index is 2.63. The minimum atomic E-state index is -0.266. The van der Waals surface area contributed by atoms with Gasteiger partial charge in [0.05, 0.1) is 6.54 Å². The first-order valence-corrected chi connectivity index (χ1v) is 4.56. The maximum Gasteiger partial charge on any atom is 0.310 e. The molecule has 5 heteroatoms. The van der Waals surface area contributed by atoms with E-state index in [0.717, 1.165) is 5.56 Å². The van der Waals surface area contributed by atoms with Gasteiger partial charge in [0.25, 0.3) is 0 Å². The van der Waals surface area contributed by atoms with Crippen LogP contribution in [0.3, 0.4) is 0 Å². The van der Waals surface area contributed by atoms with Gasteiger partial charge in [0, 0.05) is 11.3 Å². The molecule has 0 saturated carbocycles. The molecule has 1 aromatic carbocycles. The van der Waals surface area contributed by atoms with Crippen LogP contribution in [0.15, 0.2) is 29.4 Å². The third-order valence-corrected chi connectivity index (χ3v) is 1.76. The van der Waals surface area contributed by atoms with Gasteiger partial charge in [-0.3, -0.25) is 4.79 Å². The minimum Gasteiger partial charge on any atom is -0.427 e. The molecule has 0 aromatic heterocycles. The van der Waals surface area contributed by atoms with E-state index in [4.69, 9.17) is 10.3 Å². The van der Waals surface area contributed by atoms with Gasteiger partial charge < -0.3 is 4.74 Å². The van der Waals surface area contributed by atoms with Crippen molar-refractivity contribution in [1.29, 1.82) is 0 Å². The molecule has 1 rings (SSSR count). The van der Waals surface area contributed by atoms with Crippen molar-refractivity contribution in [2.75, 3.05) is 0 Å². The Hall–Kier alpha value is -2.00. The molecule has 0 amide bonds.